The van der Waals surface area contributed by atoms with Crippen LogP contribution in [0.3, 0.4) is 0 Å². The van der Waals surface area contributed by atoms with Gasteiger partial charge in [-0.2, -0.15) is 0 Å². The van der Waals surface area contributed by atoms with E-state index in [0.717, 1.165) is 31.5 Å². The fraction of sp³-hybridized carbons (Fsp3) is 0.600. The maximum absolute atomic E-state index is 12.2. The Hall–Kier alpha value is -0.950. The zero-order valence-corrected chi connectivity index (χ0v) is 14.0. The SMILES string of the molecule is CCCNCc1cccc(S(=O)(=O)NCCCN(C)C)c1. The summed E-state index contributed by atoms with van der Waals surface area (Å²) in [6.45, 7) is 5.05. The van der Waals surface area contributed by atoms with E-state index in [1.807, 2.05) is 25.1 Å². The summed E-state index contributed by atoms with van der Waals surface area (Å²) in [5.41, 5.74) is 0.986. The van der Waals surface area contributed by atoms with Gasteiger partial charge in [0.2, 0.25) is 10.0 Å². The van der Waals surface area contributed by atoms with E-state index in [2.05, 4.69) is 17.0 Å². The van der Waals surface area contributed by atoms with Crippen molar-refractivity contribution in [1.82, 2.24) is 14.9 Å². The highest BCUT2D eigenvalue weighted by molar-refractivity contribution is 7.89. The van der Waals surface area contributed by atoms with Crippen molar-refractivity contribution >= 4 is 10.0 Å². The maximum Gasteiger partial charge on any atom is 0.240 e. The molecule has 5 nitrogen and oxygen atoms in total. The molecule has 0 bridgehead atoms. The standard InChI is InChI=1S/C15H27N3O2S/c1-4-9-16-13-14-7-5-8-15(12-14)21(19,20)17-10-6-11-18(2)3/h5,7-8,12,16-17H,4,6,9-11,13H2,1-3H3. The largest absolute Gasteiger partial charge is 0.313 e. The van der Waals surface area contributed by atoms with Crippen molar-refractivity contribution in [3.63, 3.8) is 0 Å². The third-order valence-electron chi connectivity index (χ3n) is 3.04. The van der Waals surface area contributed by atoms with E-state index in [1.54, 1.807) is 18.2 Å². The molecule has 6 heteroatoms. The number of sulfonamides is 1. The van der Waals surface area contributed by atoms with Crippen LogP contribution < -0.4 is 10.0 Å². The summed E-state index contributed by atoms with van der Waals surface area (Å²) in [7, 11) is 0.539. The van der Waals surface area contributed by atoms with Crippen LogP contribution in [0, 0.1) is 0 Å². The maximum atomic E-state index is 12.2. The van der Waals surface area contributed by atoms with Gasteiger partial charge < -0.3 is 10.2 Å². The summed E-state index contributed by atoms with van der Waals surface area (Å²) in [4.78, 5) is 2.37. The van der Waals surface area contributed by atoms with Crippen molar-refractivity contribution in [1.29, 1.82) is 0 Å². The molecule has 0 aliphatic heterocycles. The second kappa shape index (κ2) is 9.15. The lowest BCUT2D eigenvalue weighted by molar-refractivity contribution is 0.400. The van der Waals surface area contributed by atoms with Gasteiger partial charge in [-0.25, -0.2) is 13.1 Å². The van der Waals surface area contributed by atoms with Crippen LogP contribution in [0.5, 0.6) is 0 Å². The van der Waals surface area contributed by atoms with Gasteiger partial charge in [0.25, 0.3) is 0 Å². The summed E-state index contributed by atoms with van der Waals surface area (Å²) in [6.07, 6.45) is 1.86. The molecule has 0 aliphatic carbocycles. The predicted molar refractivity (Wildman–Crippen MR) is 86.8 cm³/mol. The Morgan fingerprint density at radius 2 is 1.95 bits per heavy atom. The lowest BCUT2D eigenvalue weighted by Crippen LogP contribution is -2.27. The van der Waals surface area contributed by atoms with E-state index in [0.29, 0.717) is 18.0 Å². The van der Waals surface area contributed by atoms with Crippen molar-refractivity contribution in [3.05, 3.63) is 29.8 Å². The Kier molecular flexibility index (Phi) is 7.88. The van der Waals surface area contributed by atoms with Crippen molar-refractivity contribution in [2.24, 2.45) is 0 Å². The van der Waals surface area contributed by atoms with E-state index in [4.69, 9.17) is 0 Å². The van der Waals surface area contributed by atoms with Crippen LogP contribution in [0.15, 0.2) is 29.2 Å². The molecule has 0 unspecified atom stereocenters. The number of benzene rings is 1. The highest BCUT2D eigenvalue weighted by Crippen LogP contribution is 2.11. The molecule has 2 N–H and O–H groups in total. The van der Waals surface area contributed by atoms with Gasteiger partial charge in [0, 0.05) is 13.1 Å². The minimum absolute atomic E-state index is 0.336. The van der Waals surface area contributed by atoms with Crippen molar-refractivity contribution < 1.29 is 8.42 Å². The van der Waals surface area contributed by atoms with Gasteiger partial charge in [-0.15, -0.1) is 0 Å². The molecule has 0 radical (unpaired) electrons. The van der Waals surface area contributed by atoms with Gasteiger partial charge in [-0.1, -0.05) is 19.1 Å². The fourth-order valence-corrected chi connectivity index (χ4v) is 3.06. The minimum Gasteiger partial charge on any atom is -0.313 e. The van der Waals surface area contributed by atoms with Crippen molar-refractivity contribution in [2.75, 3.05) is 33.7 Å². The zero-order valence-electron chi connectivity index (χ0n) is 13.2. The molecule has 0 fully saturated rings. The lowest BCUT2D eigenvalue weighted by atomic mass is 10.2. The van der Waals surface area contributed by atoms with Crippen LogP contribution >= 0.6 is 0 Å². The smallest absolute Gasteiger partial charge is 0.240 e. The molecule has 120 valence electrons. The Labute approximate surface area is 128 Å². The average molecular weight is 313 g/mol. The van der Waals surface area contributed by atoms with Gasteiger partial charge in [-0.3, -0.25) is 0 Å². The van der Waals surface area contributed by atoms with E-state index in [9.17, 15) is 8.42 Å². The molecule has 0 saturated carbocycles. The van der Waals surface area contributed by atoms with E-state index in [-0.39, 0.29) is 0 Å². The Bertz CT molecular complexity index is 515. The van der Waals surface area contributed by atoms with E-state index in [1.165, 1.54) is 0 Å². The number of nitrogens with one attached hydrogen (secondary N) is 2. The second-order valence-electron chi connectivity index (χ2n) is 5.38. The monoisotopic (exact) mass is 313 g/mol. The van der Waals surface area contributed by atoms with Crippen LogP contribution in [-0.4, -0.2) is 47.0 Å². The summed E-state index contributed by atoms with van der Waals surface area (Å²) >= 11 is 0. The van der Waals surface area contributed by atoms with Crippen LogP contribution in [0.25, 0.3) is 0 Å². The number of hydrogen-bond acceptors (Lipinski definition) is 4. The first-order valence-electron chi connectivity index (χ1n) is 7.39. The van der Waals surface area contributed by atoms with Gasteiger partial charge in [0.1, 0.15) is 0 Å². The molecule has 1 rings (SSSR count). The zero-order chi connectivity index (χ0) is 15.7. The molecule has 21 heavy (non-hydrogen) atoms. The summed E-state index contributed by atoms with van der Waals surface area (Å²) < 4.78 is 27.1. The van der Waals surface area contributed by atoms with Crippen molar-refractivity contribution in [2.45, 2.75) is 31.2 Å². The van der Waals surface area contributed by atoms with E-state index >= 15 is 0 Å². The summed E-state index contributed by atoms with van der Waals surface area (Å²) in [5, 5.41) is 3.27. The number of hydrogen-bond donors (Lipinski definition) is 2. The molecule has 0 saturated heterocycles. The number of rotatable bonds is 10. The molecule has 0 aromatic heterocycles. The minimum atomic E-state index is -3.41. The Morgan fingerprint density at radius 3 is 2.62 bits per heavy atom. The van der Waals surface area contributed by atoms with Crippen LogP contribution in [-0.2, 0) is 16.6 Å². The van der Waals surface area contributed by atoms with E-state index < -0.39 is 10.0 Å². The van der Waals surface area contributed by atoms with Crippen LogP contribution in [0.1, 0.15) is 25.3 Å². The third-order valence-corrected chi connectivity index (χ3v) is 4.50. The van der Waals surface area contributed by atoms with Crippen molar-refractivity contribution in [3.8, 4) is 0 Å². The molecule has 0 heterocycles. The first-order chi connectivity index (χ1) is 9.95. The first kappa shape index (κ1) is 18.1. The Balaban J connectivity index is 2.59. The highest BCUT2D eigenvalue weighted by atomic mass is 32.2. The quantitative estimate of drug-likeness (QED) is 0.641. The predicted octanol–water partition coefficient (Wildman–Crippen LogP) is 1.42. The summed E-state index contributed by atoms with van der Waals surface area (Å²) in [5.74, 6) is 0. The van der Waals surface area contributed by atoms with Gasteiger partial charge in [0.15, 0.2) is 0 Å². The van der Waals surface area contributed by atoms with Crippen LogP contribution in [0.2, 0.25) is 0 Å². The van der Waals surface area contributed by atoms with Gasteiger partial charge in [-0.05, 0) is 57.7 Å². The fourth-order valence-electron chi connectivity index (χ4n) is 1.92. The number of nitrogens with zero attached hydrogens (tertiary/aromatic N) is 1. The normalized spacial score (nSPS) is 12.0. The average Bonchev–Trinajstić information content (AvgIpc) is 2.44. The molecule has 0 spiro atoms. The molecule has 0 amide bonds. The topological polar surface area (TPSA) is 61.4 Å². The summed E-state index contributed by atoms with van der Waals surface area (Å²) in [6, 6.07) is 7.10. The highest BCUT2D eigenvalue weighted by Gasteiger charge is 2.13. The molecule has 0 atom stereocenters. The first-order valence-corrected chi connectivity index (χ1v) is 8.88. The lowest BCUT2D eigenvalue weighted by Gasteiger charge is -2.11. The second-order valence-corrected chi connectivity index (χ2v) is 7.15. The Morgan fingerprint density at radius 1 is 1.19 bits per heavy atom. The molecule has 0 aliphatic rings. The van der Waals surface area contributed by atoms with Gasteiger partial charge in [0.05, 0.1) is 4.90 Å². The molecular formula is C15H27N3O2S. The molecule has 1 aromatic carbocycles. The van der Waals surface area contributed by atoms with Gasteiger partial charge >= 0.3 is 0 Å². The van der Waals surface area contributed by atoms with Crippen LogP contribution in [0.4, 0.5) is 0 Å². The molecular weight excluding hydrogens is 286 g/mol. The molecule has 1 aromatic rings. The third kappa shape index (κ3) is 7.04.